The van der Waals surface area contributed by atoms with Crippen LogP contribution in [0.5, 0.6) is 5.75 Å². The Morgan fingerprint density at radius 1 is 0.966 bits per heavy atom. The second kappa shape index (κ2) is 11.8. The van der Waals surface area contributed by atoms with Gasteiger partial charge in [-0.05, 0) is 54.5 Å². The van der Waals surface area contributed by atoms with Gasteiger partial charge in [0.05, 0.1) is 13.5 Å². The number of hydrogen-bond acceptors (Lipinski definition) is 4. The predicted octanol–water partition coefficient (Wildman–Crippen LogP) is 4.27. The second-order valence-electron chi connectivity index (χ2n) is 6.61. The Bertz CT molecular complexity index is 837. The molecule has 0 heterocycles. The van der Waals surface area contributed by atoms with Gasteiger partial charge < -0.3 is 20.7 Å². The predicted molar refractivity (Wildman–Crippen MR) is 120 cm³/mol. The molecule has 0 aromatic heterocycles. The zero-order valence-electron chi connectivity index (χ0n) is 16.8. The van der Waals surface area contributed by atoms with E-state index in [9.17, 15) is 9.59 Å². The molecule has 0 aliphatic rings. The Labute approximate surface area is 177 Å². The molecule has 2 aromatic carbocycles. The maximum absolute atomic E-state index is 12.2. The third kappa shape index (κ3) is 8.31. The summed E-state index contributed by atoms with van der Waals surface area (Å²) in [6.07, 6.45) is 3.71. The van der Waals surface area contributed by atoms with Crippen LogP contribution in [-0.2, 0) is 16.0 Å². The first-order chi connectivity index (χ1) is 14.0. The zero-order valence-corrected chi connectivity index (χ0v) is 17.6. The molecule has 0 unspecified atom stereocenters. The number of ether oxygens (including phenoxy) is 1. The maximum Gasteiger partial charge on any atom is 0.230 e. The summed E-state index contributed by atoms with van der Waals surface area (Å²) in [5.74, 6) is 0.516. The molecule has 0 spiro atoms. The average Bonchev–Trinajstić information content (AvgIpc) is 2.68. The van der Waals surface area contributed by atoms with Gasteiger partial charge in [0.25, 0.3) is 0 Å². The highest BCUT2D eigenvalue weighted by Gasteiger charge is 2.08. The Hall–Kier alpha value is -2.93. The van der Waals surface area contributed by atoms with Gasteiger partial charge >= 0.3 is 0 Å². The van der Waals surface area contributed by atoms with Crippen molar-refractivity contribution < 1.29 is 14.3 Å². The average molecular weight is 414 g/mol. The van der Waals surface area contributed by atoms with Gasteiger partial charge in [0, 0.05) is 17.8 Å². The van der Waals surface area contributed by atoms with Crippen molar-refractivity contribution in [3.63, 3.8) is 0 Å². The summed E-state index contributed by atoms with van der Waals surface area (Å²) in [7, 11) is 1.60. The molecular weight excluding hydrogens is 386 g/mol. The lowest BCUT2D eigenvalue weighted by Crippen LogP contribution is -2.35. The Morgan fingerprint density at radius 3 is 2.31 bits per heavy atom. The number of nitrogens with one attached hydrogen (secondary N) is 3. The molecule has 29 heavy (non-hydrogen) atoms. The number of carbonyl (C=O) groups is 2. The van der Waals surface area contributed by atoms with Crippen molar-refractivity contribution in [3.8, 4) is 5.75 Å². The van der Waals surface area contributed by atoms with Gasteiger partial charge in [0.2, 0.25) is 11.8 Å². The third-order valence-corrected chi connectivity index (χ3v) is 4.39. The van der Waals surface area contributed by atoms with E-state index in [0.29, 0.717) is 17.8 Å². The van der Waals surface area contributed by atoms with Crippen LogP contribution >= 0.6 is 12.2 Å². The molecule has 0 bridgehead atoms. The molecule has 2 rings (SSSR count). The van der Waals surface area contributed by atoms with E-state index in [4.69, 9.17) is 17.0 Å². The van der Waals surface area contributed by atoms with Gasteiger partial charge in [0.15, 0.2) is 5.11 Å². The van der Waals surface area contributed by atoms with E-state index in [1.54, 1.807) is 25.3 Å². The van der Waals surface area contributed by atoms with E-state index < -0.39 is 0 Å². The van der Waals surface area contributed by atoms with Crippen LogP contribution in [-0.4, -0.2) is 24.0 Å². The summed E-state index contributed by atoms with van der Waals surface area (Å²) >= 11 is 5.22. The molecule has 0 atom stereocenters. The van der Waals surface area contributed by atoms with E-state index in [0.717, 1.165) is 30.6 Å². The van der Waals surface area contributed by atoms with E-state index in [-0.39, 0.29) is 23.3 Å². The molecule has 3 N–H and O–H groups in total. The maximum atomic E-state index is 12.2. The highest BCUT2D eigenvalue weighted by atomic mass is 32.1. The molecule has 0 saturated carbocycles. The minimum Gasteiger partial charge on any atom is -0.497 e. The molecule has 7 heteroatoms. The summed E-state index contributed by atoms with van der Waals surface area (Å²) in [5, 5.41) is 8.71. The summed E-state index contributed by atoms with van der Waals surface area (Å²) < 4.78 is 5.11. The second-order valence-corrected chi connectivity index (χ2v) is 7.02. The number of methoxy groups -OCH3 is 1. The van der Waals surface area contributed by atoms with Crippen molar-refractivity contribution in [2.45, 2.75) is 39.0 Å². The van der Waals surface area contributed by atoms with Crippen molar-refractivity contribution in [1.29, 1.82) is 0 Å². The Morgan fingerprint density at radius 2 is 1.66 bits per heavy atom. The molecule has 6 nitrogen and oxygen atoms in total. The van der Waals surface area contributed by atoms with Gasteiger partial charge in [-0.1, -0.05) is 38.0 Å². The van der Waals surface area contributed by atoms with Crippen LogP contribution in [0.4, 0.5) is 11.4 Å². The van der Waals surface area contributed by atoms with Crippen molar-refractivity contribution >= 4 is 40.5 Å². The first kappa shape index (κ1) is 22.4. The van der Waals surface area contributed by atoms with Crippen LogP contribution in [0, 0.1) is 0 Å². The SMILES string of the molecule is CCCCCC(=O)Nc1cccc(NC(=S)NC(=O)Cc2ccc(OC)cc2)c1. The number of unbranched alkanes of at least 4 members (excludes halogenated alkanes) is 2. The smallest absolute Gasteiger partial charge is 0.230 e. The highest BCUT2D eigenvalue weighted by molar-refractivity contribution is 7.80. The van der Waals surface area contributed by atoms with Crippen LogP contribution in [0.25, 0.3) is 0 Å². The summed E-state index contributed by atoms with van der Waals surface area (Å²) in [4.78, 5) is 24.1. The van der Waals surface area contributed by atoms with Gasteiger partial charge in [-0.2, -0.15) is 0 Å². The van der Waals surface area contributed by atoms with E-state index >= 15 is 0 Å². The summed E-state index contributed by atoms with van der Waals surface area (Å²) in [5.41, 5.74) is 2.23. The van der Waals surface area contributed by atoms with Crippen molar-refractivity contribution in [2.75, 3.05) is 17.7 Å². The fourth-order valence-electron chi connectivity index (χ4n) is 2.70. The molecular formula is C22H27N3O3S. The number of hydrogen-bond donors (Lipinski definition) is 3. The van der Waals surface area contributed by atoms with Gasteiger partial charge in [-0.3, -0.25) is 9.59 Å². The van der Waals surface area contributed by atoms with E-state index in [2.05, 4.69) is 22.9 Å². The first-order valence-electron chi connectivity index (χ1n) is 9.64. The monoisotopic (exact) mass is 413 g/mol. The molecule has 0 fully saturated rings. The standard InChI is InChI=1S/C22H27N3O3S/c1-3-4-5-9-20(26)23-17-7-6-8-18(15-17)24-22(29)25-21(27)14-16-10-12-19(28-2)13-11-16/h6-8,10-13,15H,3-5,9,14H2,1-2H3,(H,23,26)(H2,24,25,27,29). The number of rotatable bonds is 9. The lowest BCUT2D eigenvalue weighted by molar-refractivity contribution is -0.119. The fraction of sp³-hybridized carbons (Fsp3) is 0.318. The fourth-order valence-corrected chi connectivity index (χ4v) is 2.93. The van der Waals surface area contributed by atoms with Crippen LogP contribution in [0.15, 0.2) is 48.5 Å². The largest absolute Gasteiger partial charge is 0.497 e. The van der Waals surface area contributed by atoms with Crippen LogP contribution in [0.1, 0.15) is 38.2 Å². The Kier molecular flexibility index (Phi) is 9.11. The molecule has 2 amide bonds. The highest BCUT2D eigenvalue weighted by Crippen LogP contribution is 2.16. The number of carbonyl (C=O) groups excluding carboxylic acids is 2. The summed E-state index contributed by atoms with van der Waals surface area (Å²) in [6.45, 7) is 2.10. The van der Waals surface area contributed by atoms with Crippen molar-refractivity contribution in [1.82, 2.24) is 5.32 Å². The van der Waals surface area contributed by atoms with Crippen molar-refractivity contribution in [3.05, 3.63) is 54.1 Å². The number of anilines is 2. The van der Waals surface area contributed by atoms with Crippen LogP contribution < -0.4 is 20.7 Å². The van der Waals surface area contributed by atoms with Crippen LogP contribution in [0.2, 0.25) is 0 Å². The van der Waals surface area contributed by atoms with Gasteiger partial charge in [-0.15, -0.1) is 0 Å². The van der Waals surface area contributed by atoms with Crippen molar-refractivity contribution in [2.24, 2.45) is 0 Å². The molecule has 2 aromatic rings. The van der Waals surface area contributed by atoms with Gasteiger partial charge in [-0.25, -0.2) is 0 Å². The molecule has 0 aliphatic carbocycles. The van der Waals surface area contributed by atoms with E-state index in [1.165, 1.54) is 0 Å². The first-order valence-corrected chi connectivity index (χ1v) is 10.0. The Balaban J connectivity index is 1.83. The lowest BCUT2D eigenvalue weighted by Gasteiger charge is -2.11. The normalized spacial score (nSPS) is 10.1. The minimum absolute atomic E-state index is 0.00836. The molecule has 0 aliphatic heterocycles. The lowest BCUT2D eigenvalue weighted by atomic mass is 10.1. The van der Waals surface area contributed by atoms with Crippen LogP contribution in [0.3, 0.4) is 0 Å². The number of benzene rings is 2. The number of thiocarbonyl (C=S) groups is 1. The molecule has 0 radical (unpaired) electrons. The number of amides is 2. The zero-order chi connectivity index (χ0) is 21.1. The quantitative estimate of drug-likeness (QED) is 0.423. The topological polar surface area (TPSA) is 79.5 Å². The summed E-state index contributed by atoms with van der Waals surface area (Å²) in [6, 6.07) is 14.5. The van der Waals surface area contributed by atoms with Gasteiger partial charge in [0.1, 0.15) is 5.75 Å². The molecule has 0 saturated heterocycles. The third-order valence-electron chi connectivity index (χ3n) is 4.19. The van der Waals surface area contributed by atoms with E-state index in [1.807, 2.05) is 30.3 Å². The minimum atomic E-state index is -0.215. The molecule has 154 valence electrons.